The number of hydrogen-bond acceptors (Lipinski definition) is 1. The molecule has 0 aromatic carbocycles. The molecule has 0 radical (unpaired) electrons. The zero-order valence-electron chi connectivity index (χ0n) is 14.7. The van der Waals surface area contributed by atoms with E-state index in [0.29, 0.717) is 0 Å². The third kappa shape index (κ3) is 4.89. The van der Waals surface area contributed by atoms with E-state index in [-0.39, 0.29) is 0 Å². The van der Waals surface area contributed by atoms with Crippen molar-refractivity contribution in [1.29, 1.82) is 0 Å². The van der Waals surface area contributed by atoms with Gasteiger partial charge in [0.1, 0.15) is 0 Å². The first-order valence-electron chi connectivity index (χ1n) is 7.07. The fourth-order valence-corrected chi connectivity index (χ4v) is 1.75. The highest BCUT2D eigenvalue weighted by Gasteiger charge is 2.87. The number of halogens is 22. The molecule has 0 spiro atoms. The van der Waals surface area contributed by atoms with Crippen LogP contribution in [0.15, 0.2) is 23.7 Å². The van der Waals surface area contributed by atoms with Crippen molar-refractivity contribution in [2.24, 2.45) is 0 Å². The molecule has 0 heterocycles. The predicted octanol–water partition coefficient (Wildman–Crippen LogP) is 8.16. The molecule has 0 aromatic heterocycles. The van der Waals surface area contributed by atoms with Gasteiger partial charge >= 0.3 is 59.9 Å². The van der Waals surface area contributed by atoms with E-state index in [1.54, 1.807) is 0 Å². The lowest BCUT2D eigenvalue weighted by Crippen LogP contribution is -2.65. The predicted molar refractivity (Wildman–Crippen MR) is 61.4 cm³/mol. The second kappa shape index (κ2) is 8.69. The smallest absolute Gasteiger partial charge is 0.400 e. The Morgan fingerprint density at radius 2 is 0.514 bits per heavy atom. The molecule has 0 amide bonds. The van der Waals surface area contributed by atoms with Crippen LogP contribution >= 0.6 is 0 Å². The van der Waals surface area contributed by atoms with Crippen molar-refractivity contribution in [2.45, 2.75) is 47.9 Å². The quantitative estimate of drug-likeness (QED) is 0.229. The van der Waals surface area contributed by atoms with Gasteiger partial charge in [0.2, 0.25) is 11.7 Å². The van der Waals surface area contributed by atoms with E-state index in [1.165, 1.54) is 0 Å². The highest BCUT2D eigenvalue weighted by atomic mass is 19.4. The minimum absolute atomic E-state index is 1.90. The van der Waals surface area contributed by atoms with E-state index in [4.69, 9.17) is 0 Å². The Labute approximate surface area is 174 Å². The summed E-state index contributed by atoms with van der Waals surface area (Å²) in [5, 5.41) is 0. The minimum atomic E-state index is -8.12. The van der Waals surface area contributed by atoms with Gasteiger partial charge in [-0.15, -0.1) is 0 Å². The molecule has 0 saturated carbocycles. The number of ether oxygens (including phenoxy) is 1. The van der Waals surface area contributed by atoms with Crippen molar-refractivity contribution in [3.05, 3.63) is 23.7 Å². The standard InChI is InChI=1S/C12F22O/c13-1(5(17,18)7(21,9(23,24)25)10(26,27)28)3(15)35-4(16)2(14)6(19,20)8(22,11(29,30)31)12(32,33)34. The van der Waals surface area contributed by atoms with Gasteiger partial charge in [-0.25, -0.2) is 8.78 Å². The van der Waals surface area contributed by atoms with Crippen LogP contribution in [0, 0.1) is 0 Å². The van der Waals surface area contributed by atoms with Gasteiger partial charge in [-0.2, -0.15) is 87.8 Å². The summed E-state index contributed by atoms with van der Waals surface area (Å²) in [6.07, 6.45) is -31.6. The molecule has 0 aliphatic rings. The van der Waals surface area contributed by atoms with E-state index in [0.717, 1.165) is 0 Å². The maximum absolute atomic E-state index is 13.2. The van der Waals surface area contributed by atoms with E-state index >= 15 is 0 Å². The molecule has 0 aromatic rings. The summed E-state index contributed by atoms with van der Waals surface area (Å²) in [6, 6.07) is -9.50. The normalized spacial score (nSPS) is 17.2. The molecule has 0 aliphatic carbocycles. The van der Waals surface area contributed by atoms with E-state index < -0.39 is 71.6 Å². The van der Waals surface area contributed by atoms with Crippen LogP contribution < -0.4 is 0 Å². The first-order chi connectivity index (χ1) is 14.9. The third-order valence-corrected chi connectivity index (χ3v) is 3.50. The van der Waals surface area contributed by atoms with Crippen molar-refractivity contribution in [1.82, 2.24) is 0 Å². The average Bonchev–Trinajstić information content (AvgIpc) is 2.60. The van der Waals surface area contributed by atoms with Crippen molar-refractivity contribution < 1.29 is 101 Å². The van der Waals surface area contributed by atoms with Crippen LogP contribution in [-0.4, -0.2) is 47.9 Å². The molecule has 1 nitrogen and oxygen atoms in total. The topological polar surface area (TPSA) is 9.23 Å². The van der Waals surface area contributed by atoms with Gasteiger partial charge in [0.25, 0.3) is 0 Å². The zero-order chi connectivity index (χ0) is 29.0. The number of alkyl halides is 18. The molecule has 0 unspecified atom stereocenters. The lowest BCUT2D eigenvalue weighted by Gasteiger charge is -2.35. The maximum Gasteiger partial charge on any atom is 0.438 e. The molecular formula is C12F22O. The minimum Gasteiger partial charge on any atom is -0.400 e. The Balaban J connectivity index is 6.86. The van der Waals surface area contributed by atoms with Crippen molar-refractivity contribution >= 4 is 0 Å². The van der Waals surface area contributed by atoms with Crippen molar-refractivity contribution in [3.63, 3.8) is 0 Å². The monoisotopic (exact) mass is 578 g/mol. The Hall–Kier alpha value is -2.26. The second-order valence-corrected chi connectivity index (χ2v) is 5.73. The van der Waals surface area contributed by atoms with Crippen LogP contribution in [0.3, 0.4) is 0 Å². The van der Waals surface area contributed by atoms with Crippen LogP contribution in [0.4, 0.5) is 96.6 Å². The largest absolute Gasteiger partial charge is 0.438 e. The Morgan fingerprint density at radius 3 is 0.657 bits per heavy atom. The lowest BCUT2D eigenvalue weighted by molar-refractivity contribution is -0.392. The summed E-state index contributed by atoms with van der Waals surface area (Å²) < 4.78 is 280. The van der Waals surface area contributed by atoms with Gasteiger partial charge in [0, 0.05) is 0 Å². The third-order valence-electron chi connectivity index (χ3n) is 3.50. The highest BCUT2D eigenvalue weighted by molar-refractivity contribution is 5.23. The maximum atomic E-state index is 13.2. The van der Waals surface area contributed by atoms with Gasteiger partial charge in [0.15, 0.2) is 0 Å². The summed E-state index contributed by atoms with van der Waals surface area (Å²) in [5.74, 6) is -26.2. The summed E-state index contributed by atoms with van der Waals surface area (Å²) in [5.41, 5.74) is -16.2. The van der Waals surface area contributed by atoms with Crippen LogP contribution in [0.1, 0.15) is 0 Å². The summed E-state index contributed by atoms with van der Waals surface area (Å²) >= 11 is 0. The van der Waals surface area contributed by atoms with Gasteiger partial charge in [-0.3, -0.25) is 0 Å². The number of hydrogen-bond donors (Lipinski definition) is 0. The van der Waals surface area contributed by atoms with Crippen LogP contribution in [0.5, 0.6) is 0 Å². The van der Waals surface area contributed by atoms with Gasteiger partial charge in [-0.05, 0) is 0 Å². The molecular weight excluding hydrogens is 578 g/mol. The molecule has 208 valence electrons. The van der Waals surface area contributed by atoms with E-state index in [1.807, 2.05) is 4.74 Å². The molecule has 0 fully saturated rings. The van der Waals surface area contributed by atoms with Gasteiger partial charge in [0.05, 0.1) is 0 Å². The molecule has 0 aliphatic heterocycles. The van der Waals surface area contributed by atoms with Gasteiger partial charge in [-0.1, -0.05) is 0 Å². The molecule has 0 rings (SSSR count). The highest BCUT2D eigenvalue weighted by Crippen LogP contribution is 2.59. The van der Waals surface area contributed by atoms with Crippen LogP contribution in [0.2, 0.25) is 0 Å². The van der Waals surface area contributed by atoms with Gasteiger partial charge < -0.3 is 4.74 Å². The molecule has 0 N–H and O–H groups in total. The Morgan fingerprint density at radius 1 is 0.343 bits per heavy atom. The average molecular weight is 578 g/mol. The Bertz CT molecular complexity index is 748. The van der Waals surface area contributed by atoms with Crippen molar-refractivity contribution in [3.8, 4) is 0 Å². The summed E-state index contributed by atoms with van der Waals surface area (Å²) in [7, 11) is 0. The summed E-state index contributed by atoms with van der Waals surface area (Å²) in [6.45, 7) is 0. The second-order valence-electron chi connectivity index (χ2n) is 5.73. The van der Waals surface area contributed by atoms with E-state index in [2.05, 4.69) is 0 Å². The lowest BCUT2D eigenvalue weighted by atomic mass is 9.94. The SMILES string of the molecule is FC(OC(F)=C(F)C(F)(F)C(F)(C(F)(F)F)C(F)(F)F)=C(F)C(F)(F)C(F)(C(F)(F)F)C(F)(F)F. The summed E-state index contributed by atoms with van der Waals surface area (Å²) in [4.78, 5) is 0. The molecule has 0 atom stereocenters. The fraction of sp³-hybridized carbons (Fsp3) is 0.667. The van der Waals surface area contributed by atoms with Crippen LogP contribution in [-0.2, 0) is 4.74 Å². The van der Waals surface area contributed by atoms with E-state index in [9.17, 15) is 96.6 Å². The molecule has 23 heteroatoms. The zero-order valence-corrected chi connectivity index (χ0v) is 14.7. The first kappa shape index (κ1) is 32.7. The fourth-order valence-electron chi connectivity index (χ4n) is 1.75. The van der Waals surface area contributed by atoms with Crippen molar-refractivity contribution in [2.75, 3.05) is 0 Å². The molecule has 0 saturated heterocycles. The van der Waals surface area contributed by atoms with Crippen LogP contribution in [0.25, 0.3) is 0 Å². The molecule has 0 bridgehead atoms. The first-order valence-corrected chi connectivity index (χ1v) is 7.07. The Kier molecular flexibility index (Phi) is 8.13. The number of rotatable bonds is 6. The number of allylic oxidation sites excluding steroid dienone is 2. The molecule has 35 heavy (non-hydrogen) atoms.